The van der Waals surface area contributed by atoms with E-state index in [9.17, 15) is 19.6 Å². The van der Waals surface area contributed by atoms with E-state index < -0.39 is 18.0 Å². The normalized spacial score (nSPS) is 27.4. The third kappa shape index (κ3) is 3.77. The number of benzene rings is 1. The van der Waals surface area contributed by atoms with Crippen LogP contribution < -0.4 is 11.5 Å². The fourth-order valence-corrected chi connectivity index (χ4v) is 5.19. The van der Waals surface area contributed by atoms with E-state index in [2.05, 4.69) is 6.07 Å². The minimum absolute atomic E-state index is 0.0402. The third-order valence-corrected chi connectivity index (χ3v) is 6.84. The Morgan fingerprint density at radius 2 is 2.00 bits per heavy atom. The van der Waals surface area contributed by atoms with Crippen LogP contribution in [0.25, 0.3) is 0 Å². The molecule has 3 heterocycles. The van der Waals surface area contributed by atoms with Gasteiger partial charge in [0.2, 0.25) is 17.7 Å². The van der Waals surface area contributed by atoms with Crippen LogP contribution in [0.4, 0.5) is 0 Å². The summed E-state index contributed by atoms with van der Waals surface area (Å²) < 4.78 is 0. The zero-order chi connectivity index (χ0) is 22.3. The molecule has 0 saturated carbocycles. The molecule has 164 valence electrons. The van der Waals surface area contributed by atoms with E-state index in [-0.39, 0.29) is 29.9 Å². The smallest absolute Gasteiger partial charge is 0.248 e. The van der Waals surface area contributed by atoms with Crippen molar-refractivity contribution in [2.45, 2.75) is 56.4 Å². The predicted octanol–water partition coefficient (Wildman–Crippen LogP) is -0.0265. The van der Waals surface area contributed by atoms with Gasteiger partial charge in [-0.15, -0.1) is 0 Å². The number of carbonyl (C=O) groups is 3. The van der Waals surface area contributed by atoms with Crippen molar-refractivity contribution in [3.8, 4) is 6.07 Å². The summed E-state index contributed by atoms with van der Waals surface area (Å²) in [5.74, 6) is -0.649. The van der Waals surface area contributed by atoms with E-state index >= 15 is 0 Å². The van der Waals surface area contributed by atoms with Crippen LogP contribution in [0.2, 0.25) is 0 Å². The van der Waals surface area contributed by atoms with Crippen LogP contribution >= 0.6 is 0 Å². The number of piperazine rings is 1. The van der Waals surface area contributed by atoms with E-state index in [4.69, 9.17) is 11.5 Å². The highest BCUT2D eigenvalue weighted by Gasteiger charge is 2.51. The van der Waals surface area contributed by atoms with Crippen molar-refractivity contribution >= 4 is 17.7 Å². The molecule has 0 aliphatic carbocycles. The van der Waals surface area contributed by atoms with E-state index in [0.29, 0.717) is 38.0 Å². The molecular formula is C22H28N6O3. The molecule has 4 rings (SSSR count). The number of nitriles is 1. The van der Waals surface area contributed by atoms with Gasteiger partial charge in [0.25, 0.3) is 0 Å². The van der Waals surface area contributed by atoms with Crippen molar-refractivity contribution in [1.82, 2.24) is 14.7 Å². The minimum Gasteiger partial charge on any atom is -0.366 e. The summed E-state index contributed by atoms with van der Waals surface area (Å²) >= 11 is 0. The van der Waals surface area contributed by atoms with Crippen LogP contribution in [0.1, 0.15) is 48.1 Å². The Morgan fingerprint density at radius 1 is 1.29 bits per heavy atom. The number of nitrogens with zero attached hydrogens (tertiary/aromatic N) is 4. The summed E-state index contributed by atoms with van der Waals surface area (Å²) in [6, 6.07) is 7.71. The van der Waals surface area contributed by atoms with Gasteiger partial charge in [0.05, 0.1) is 24.2 Å². The van der Waals surface area contributed by atoms with Crippen LogP contribution in [-0.4, -0.2) is 76.2 Å². The van der Waals surface area contributed by atoms with Gasteiger partial charge in [-0.3, -0.25) is 19.3 Å². The van der Waals surface area contributed by atoms with Gasteiger partial charge >= 0.3 is 0 Å². The zero-order valence-corrected chi connectivity index (χ0v) is 17.6. The molecule has 3 amide bonds. The molecule has 1 unspecified atom stereocenters. The van der Waals surface area contributed by atoms with Gasteiger partial charge in [0, 0.05) is 31.2 Å². The van der Waals surface area contributed by atoms with Crippen molar-refractivity contribution in [3.63, 3.8) is 0 Å². The van der Waals surface area contributed by atoms with Crippen molar-refractivity contribution < 1.29 is 14.4 Å². The lowest BCUT2D eigenvalue weighted by atomic mass is 10.0. The largest absolute Gasteiger partial charge is 0.366 e. The van der Waals surface area contributed by atoms with Crippen LogP contribution in [0, 0.1) is 11.3 Å². The minimum atomic E-state index is -0.742. The average Bonchev–Trinajstić information content (AvgIpc) is 3.47. The van der Waals surface area contributed by atoms with Gasteiger partial charge in [-0.25, -0.2) is 0 Å². The molecule has 3 fully saturated rings. The maximum atomic E-state index is 13.1. The molecule has 31 heavy (non-hydrogen) atoms. The highest BCUT2D eigenvalue weighted by atomic mass is 16.2. The molecule has 3 saturated heterocycles. The van der Waals surface area contributed by atoms with Gasteiger partial charge in [0.1, 0.15) is 6.04 Å². The molecule has 4 N–H and O–H groups in total. The summed E-state index contributed by atoms with van der Waals surface area (Å²) in [5.41, 5.74) is 12.9. The topological polar surface area (TPSA) is 137 Å². The molecule has 5 atom stereocenters. The molecule has 1 aromatic carbocycles. The van der Waals surface area contributed by atoms with Gasteiger partial charge in [-0.05, 0) is 43.9 Å². The first-order valence-corrected chi connectivity index (χ1v) is 10.7. The quantitative estimate of drug-likeness (QED) is 0.658. The standard InChI is InChI=1S/C22H28N6O3/c1-13(14-4-6-15(7-5-14)20(25)29)28-17-9-19(22(28)31)26(11-17)12-18(24)21(30)27-8-2-3-16(27)10-23/h4-7,13,16-19H,2-3,8-9,11-12,24H2,1H3,(H2,25,29)/t13-,16-,17?,18-,19+/m0/s1. The van der Waals surface area contributed by atoms with Crippen LogP contribution in [0.15, 0.2) is 24.3 Å². The average molecular weight is 425 g/mol. The van der Waals surface area contributed by atoms with Gasteiger partial charge in [-0.2, -0.15) is 5.26 Å². The summed E-state index contributed by atoms with van der Waals surface area (Å²) in [7, 11) is 0. The van der Waals surface area contributed by atoms with Crippen LogP contribution in [-0.2, 0) is 9.59 Å². The summed E-state index contributed by atoms with van der Waals surface area (Å²) in [5, 5.41) is 9.22. The highest BCUT2D eigenvalue weighted by molar-refractivity contribution is 5.92. The van der Waals surface area contributed by atoms with Crippen LogP contribution in [0.3, 0.4) is 0 Å². The number of amides is 3. The highest BCUT2D eigenvalue weighted by Crippen LogP contribution is 2.38. The molecular weight excluding hydrogens is 396 g/mol. The second-order valence-corrected chi connectivity index (χ2v) is 8.69. The van der Waals surface area contributed by atoms with Gasteiger partial charge < -0.3 is 21.3 Å². The lowest BCUT2D eigenvalue weighted by Crippen LogP contribution is -2.56. The van der Waals surface area contributed by atoms with Gasteiger partial charge in [0.15, 0.2) is 0 Å². The monoisotopic (exact) mass is 424 g/mol. The number of nitrogens with two attached hydrogens (primary N) is 2. The maximum Gasteiger partial charge on any atom is 0.248 e. The Morgan fingerprint density at radius 3 is 2.61 bits per heavy atom. The molecule has 0 spiro atoms. The molecule has 9 heteroatoms. The van der Waals surface area contributed by atoms with E-state index in [1.807, 2.05) is 28.9 Å². The number of fused-ring (bicyclic) bond motifs is 2. The molecule has 0 radical (unpaired) electrons. The second-order valence-electron chi connectivity index (χ2n) is 8.69. The number of likely N-dealkylation sites (tertiary alicyclic amines) is 3. The van der Waals surface area contributed by atoms with Gasteiger partial charge in [-0.1, -0.05) is 12.1 Å². The SMILES string of the molecule is C[C@@H](c1ccc(C(N)=O)cc1)N1C(=O)[C@H]2CC1CN2C[C@H](N)C(=O)N1CCC[C@H]1C#N. The van der Waals surface area contributed by atoms with E-state index in [1.165, 1.54) is 0 Å². The second kappa shape index (κ2) is 8.29. The lowest BCUT2D eigenvalue weighted by Gasteiger charge is -2.38. The molecule has 3 aliphatic heterocycles. The van der Waals surface area contributed by atoms with E-state index in [1.54, 1.807) is 17.0 Å². The first-order valence-electron chi connectivity index (χ1n) is 10.7. The number of hydrogen-bond donors (Lipinski definition) is 2. The number of carbonyl (C=O) groups excluding carboxylic acids is 3. The summed E-state index contributed by atoms with van der Waals surface area (Å²) in [6.07, 6.45) is 2.22. The van der Waals surface area contributed by atoms with Crippen molar-refractivity contribution in [1.29, 1.82) is 5.26 Å². The molecule has 0 aromatic heterocycles. The zero-order valence-electron chi connectivity index (χ0n) is 17.6. The first-order chi connectivity index (χ1) is 14.8. The number of primary amides is 1. The Hall–Kier alpha value is -2.96. The number of hydrogen-bond acceptors (Lipinski definition) is 6. The Bertz CT molecular complexity index is 926. The third-order valence-electron chi connectivity index (χ3n) is 6.84. The molecule has 1 aromatic rings. The lowest BCUT2D eigenvalue weighted by molar-refractivity contribution is -0.140. The van der Waals surface area contributed by atoms with Crippen LogP contribution in [0.5, 0.6) is 0 Å². The van der Waals surface area contributed by atoms with Crippen molar-refractivity contribution in [2.24, 2.45) is 11.5 Å². The summed E-state index contributed by atoms with van der Waals surface area (Å²) in [4.78, 5) is 42.6. The molecule has 9 nitrogen and oxygen atoms in total. The number of rotatable bonds is 6. The summed E-state index contributed by atoms with van der Waals surface area (Å²) in [6.45, 7) is 3.53. The predicted molar refractivity (Wildman–Crippen MR) is 112 cm³/mol. The maximum absolute atomic E-state index is 13.1. The van der Waals surface area contributed by atoms with E-state index in [0.717, 1.165) is 12.0 Å². The molecule has 2 bridgehead atoms. The fraction of sp³-hybridized carbons (Fsp3) is 0.545. The Kier molecular flexibility index (Phi) is 5.69. The van der Waals surface area contributed by atoms with Crippen molar-refractivity contribution in [3.05, 3.63) is 35.4 Å². The Balaban J connectivity index is 1.39. The fourth-order valence-electron chi connectivity index (χ4n) is 5.19. The Labute approximate surface area is 181 Å². The molecule has 3 aliphatic rings. The van der Waals surface area contributed by atoms with Crippen molar-refractivity contribution in [2.75, 3.05) is 19.6 Å². The first kappa shape index (κ1) is 21.3.